The summed E-state index contributed by atoms with van der Waals surface area (Å²) in [4.78, 5) is 1.09. The van der Waals surface area contributed by atoms with Crippen molar-refractivity contribution in [3.05, 3.63) is 56.5 Å². The first-order valence-electron chi connectivity index (χ1n) is 5.20. The maximum atomic E-state index is 13.6. The summed E-state index contributed by atoms with van der Waals surface area (Å²) in [5.41, 5.74) is 1.82. The topological polar surface area (TPSA) is 0 Å². The molecule has 0 fully saturated rings. The molecular weight excluding hydrogens is 243 g/mol. The third-order valence-electron chi connectivity index (χ3n) is 2.44. The maximum Gasteiger partial charge on any atom is 0.180 e. The van der Waals surface area contributed by atoms with Crippen LogP contribution in [0.5, 0.6) is 0 Å². The van der Waals surface area contributed by atoms with E-state index in [1.165, 1.54) is 11.3 Å². The molecule has 0 spiro atoms. The second kappa shape index (κ2) is 4.98. The van der Waals surface area contributed by atoms with Crippen LogP contribution in [-0.2, 0) is 12.8 Å². The van der Waals surface area contributed by atoms with Crippen molar-refractivity contribution in [2.45, 2.75) is 19.8 Å². The fourth-order valence-electron chi connectivity index (χ4n) is 1.62. The lowest BCUT2D eigenvalue weighted by atomic mass is 10.1. The predicted octanol–water partition coefficient (Wildman–Crippen LogP) is 4.69. The van der Waals surface area contributed by atoms with E-state index >= 15 is 0 Å². The van der Waals surface area contributed by atoms with E-state index in [0.717, 1.165) is 22.4 Å². The highest BCUT2D eigenvalue weighted by Gasteiger charge is 2.08. The number of rotatable bonds is 3. The third kappa shape index (κ3) is 2.63. The second-order valence-corrected chi connectivity index (χ2v) is 5.20. The summed E-state index contributed by atoms with van der Waals surface area (Å²) in [5.74, 6) is 0. The number of halogens is 2. The van der Waals surface area contributed by atoms with Gasteiger partial charge in [0.15, 0.2) is 5.13 Å². The first-order chi connectivity index (χ1) is 7.69. The van der Waals surface area contributed by atoms with Gasteiger partial charge >= 0.3 is 0 Å². The van der Waals surface area contributed by atoms with Crippen molar-refractivity contribution in [1.82, 2.24) is 0 Å². The molecule has 0 bridgehead atoms. The molecule has 16 heavy (non-hydrogen) atoms. The summed E-state index contributed by atoms with van der Waals surface area (Å²) >= 11 is 7.13. The molecule has 3 heteroatoms. The molecule has 0 aliphatic heterocycles. The van der Waals surface area contributed by atoms with Gasteiger partial charge in [-0.05, 0) is 30.2 Å². The molecule has 0 amide bonds. The minimum atomic E-state index is -0.0724. The predicted molar refractivity (Wildman–Crippen MR) is 67.9 cm³/mol. The SMILES string of the molecule is CCc1cc(Cc2cccc(Cl)c2)c(F)s1. The summed E-state index contributed by atoms with van der Waals surface area (Å²) in [6.45, 7) is 2.04. The Kier molecular flexibility index (Phi) is 3.62. The number of aryl methyl sites for hydroxylation is 1. The first-order valence-corrected chi connectivity index (χ1v) is 6.40. The standard InChI is InChI=1S/C13H12ClFS/c1-2-12-8-10(13(15)16-12)6-9-4-3-5-11(14)7-9/h3-5,7-8H,2,6H2,1H3. The number of hydrogen-bond donors (Lipinski definition) is 0. The molecule has 0 radical (unpaired) electrons. The zero-order chi connectivity index (χ0) is 11.5. The van der Waals surface area contributed by atoms with Gasteiger partial charge in [-0.15, -0.1) is 11.3 Å². The Hall–Kier alpha value is -0.860. The highest BCUT2D eigenvalue weighted by Crippen LogP contribution is 2.24. The molecule has 0 saturated carbocycles. The lowest BCUT2D eigenvalue weighted by molar-refractivity contribution is 0.644. The van der Waals surface area contributed by atoms with Crippen LogP contribution in [-0.4, -0.2) is 0 Å². The molecule has 2 aromatic rings. The van der Waals surface area contributed by atoms with Gasteiger partial charge in [0.1, 0.15) is 0 Å². The molecule has 1 heterocycles. The highest BCUT2D eigenvalue weighted by molar-refractivity contribution is 7.10. The molecule has 0 nitrogen and oxygen atoms in total. The molecule has 2 rings (SSSR count). The maximum absolute atomic E-state index is 13.6. The Morgan fingerprint density at radius 1 is 1.31 bits per heavy atom. The average Bonchev–Trinajstić information content (AvgIpc) is 2.60. The van der Waals surface area contributed by atoms with Gasteiger partial charge in [0, 0.05) is 21.9 Å². The minimum Gasteiger partial charge on any atom is -0.195 e. The van der Waals surface area contributed by atoms with Crippen LogP contribution in [0, 0.1) is 5.13 Å². The largest absolute Gasteiger partial charge is 0.195 e. The van der Waals surface area contributed by atoms with Crippen molar-refractivity contribution >= 4 is 22.9 Å². The average molecular weight is 255 g/mol. The zero-order valence-corrected chi connectivity index (χ0v) is 10.5. The van der Waals surface area contributed by atoms with Crippen LogP contribution in [0.25, 0.3) is 0 Å². The van der Waals surface area contributed by atoms with Crippen LogP contribution in [0.1, 0.15) is 22.9 Å². The van der Waals surface area contributed by atoms with Gasteiger partial charge in [-0.2, -0.15) is 4.39 Å². The lowest BCUT2D eigenvalue weighted by Crippen LogP contribution is -1.87. The van der Waals surface area contributed by atoms with E-state index in [4.69, 9.17) is 11.6 Å². The van der Waals surface area contributed by atoms with E-state index in [0.29, 0.717) is 11.4 Å². The van der Waals surface area contributed by atoms with Gasteiger partial charge in [-0.1, -0.05) is 30.7 Å². The summed E-state index contributed by atoms with van der Waals surface area (Å²) in [5, 5.41) is 0.626. The molecule has 1 aromatic carbocycles. The summed E-state index contributed by atoms with van der Waals surface area (Å²) < 4.78 is 13.6. The van der Waals surface area contributed by atoms with Gasteiger partial charge in [-0.3, -0.25) is 0 Å². The molecule has 1 aromatic heterocycles. The van der Waals surface area contributed by atoms with E-state index in [1.807, 2.05) is 37.3 Å². The highest BCUT2D eigenvalue weighted by atomic mass is 35.5. The van der Waals surface area contributed by atoms with E-state index < -0.39 is 0 Å². The number of benzene rings is 1. The Bertz CT molecular complexity index is 490. The van der Waals surface area contributed by atoms with Gasteiger partial charge in [-0.25, -0.2) is 0 Å². The van der Waals surface area contributed by atoms with Crippen LogP contribution >= 0.6 is 22.9 Å². The van der Waals surface area contributed by atoms with E-state index in [9.17, 15) is 4.39 Å². The van der Waals surface area contributed by atoms with Gasteiger partial charge in [0.05, 0.1) is 0 Å². The fourth-order valence-corrected chi connectivity index (χ4v) is 2.67. The zero-order valence-electron chi connectivity index (χ0n) is 8.97. The summed E-state index contributed by atoms with van der Waals surface area (Å²) in [7, 11) is 0. The molecule has 0 saturated heterocycles. The molecule has 0 aliphatic carbocycles. The molecule has 0 atom stereocenters. The molecule has 0 N–H and O–H groups in total. The smallest absolute Gasteiger partial charge is 0.180 e. The second-order valence-electron chi connectivity index (χ2n) is 3.67. The normalized spacial score (nSPS) is 10.7. The Labute approximate surface area is 104 Å². The van der Waals surface area contributed by atoms with Gasteiger partial charge in [0.2, 0.25) is 0 Å². The van der Waals surface area contributed by atoms with Crippen LogP contribution in [0.2, 0.25) is 5.02 Å². The summed E-state index contributed by atoms with van der Waals surface area (Å²) in [6.07, 6.45) is 1.50. The molecule has 0 unspecified atom stereocenters. The van der Waals surface area contributed by atoms with Crippen molar-refractivity contribution in [3.63, 3.8) is 0 Å². The lowest BCUT2D eigenvalue weighted by Gasteiger charge is -1.99. The first kappa shape index (κ1) is 11.6. The van der Waals surface area contributed by atoms with Crippen molar-refractivity contribution in [2.24, 2.45) is 0 Å². The van der Waals surface area contributed by atoms with Crippen LogP contribution in [0.4, 0.5) is 4.39 Å². The summed E-state index contributed by atoms with van der Waals surface area (Å²) in [6, 6.07) is 9.51. The third-order valence-corrected chi connectivity index (χ3v) is 3.79. The Morgan fingerprint density at radius 3 is 2.75 bits per heavy atom. The van der Waals surface area contributed by atoms with Crippen molar-refractivity contribution in [1.29, 1.82) is 0 Å². The van der Waals surface area contributed by atoms with Crippen LogP contribution in [0.15, 0.2) is 30.3 Å². The van der Waals surface area contributed by atoms with Crippen LogP contribution in [0.3, 0.4) is 0 Å². The van der Waals surface area contributed by atoms with Crippen molar-refractivity contribution in [3.8, 4) is 0 Å². The quantitative estimate of drug-likeness (QED) is 0.745. The van der Waals surface area contributed by atoms with Gasteiger partial charge in [0.25, 0.3) is 0 Å². The van der Waals surface area contributed by atoms with E-state index in [-0.39, 0.29) is 5.13 Å². The minimum absolute atomic E-state index is 0.0724. The van der Waals surface area contributed by atoms with E-state index in [1.54, 1.807) is 0 Å². The Balaban J connectivity index is 2.23. The molecule has 0 aliphatic rings. The number of hydrogen-bond acceptors (Lipinski definition) is 1. The number of thiophene rings is 1. The molecular formula is C13H12ClFS. The Morgan fingerprint density at radius 2 is 2.12 bits per heavy atom. The van der Waals surface area contributed by atoms with Crippen molar-refractivity contribution < 1.29 is 4.39 Å². The van der Waals surface area contributed by atoms with E-state index in [2.05, 4.69) is 0 Å². The molecule has 84 valence electrons. The monoisotopic (exact) mass is 254 g/mol. The van der Waals surface area contributed by atoms with Gasteiger partial charge < -0.3 is 0 Å². The van der Waals surface area contributed by atoms with Crippen molar-refractivity contribution in [2.75, 3.05) is 0 Å². The fraction of sp³-hybridized carbons (Fsp3) is 0.231. The van der Waals surface area contributed by atoms with Crippen LogP contribution < -0.4 is 0 Å².